The number of thiol groups is 1. The first-order chi connectivity index (χ1) is 6.13. The van der Waals surface area contributed by atoms with Crippen LogP contribution in [0.4, 0.5) is 11.4 Å². The van der Waals surface area contributed by atoms with Crippen LogP contribution in [0.5, 0.6) is 5.75 Å². The van der Waals surface area contributed by atoms with E-state index in [1.807, 2.05) is 0 Å². The summed E-state index contributed by atoms with van der Waals surface area (Å²) in [6.07, 6.45) is 0. The normalized spacial score (nSPS) is 10.0. The summed E-state index contributed by atoms with van der Waals surface area (Å²) in [7, 11) is -1.17. The molecule has 0 heterocycles. The first-order valence-electron chi connectivity index (χ1n) is 3.53. The average molecular weight is 202 g/mol. The topological polar surface area (TPSA) is 81.4 Å². The highest BCUT2D eigenvalue weighted by Gasteiger charge is 2.01. The fourth-order valence-electron chi connectivity index (χ4n) is 0.867. The van der Waals surface area contributed by atoms with E-state index < -0.39 is 11.0 Å². The lowest BCUT2D eigenvalue weighted by Gasteiger charge is -2.04. The molecule has 0 atom stereocenters. The van der Waals surface area contributed by atoms with Gasteiger partial charge < -0.3 is 15.2 Å². The van der Waals surface area contributed by atoms with Gasteiger partial charge in [0, 0.05) is 12.7 Å². The largest absolute Gasteiger partial charge is 0.396 e. The van der Waals surface area contributed by atoms with Crippen LogP contribution in [0, 0.1) is 0 Å². The Hall–Kier alpha value is -1.43. The number of hydrogen-bond acceptors (Lipinski definition) is 5. The van der Waals surface area contributed by atoms with E-state index in [0.717, 1.165) is 5.69 Å². The maximum absolute atomic E-state index is 10.2. The fraction of sp³-hybridized carbons (Fsp3) is 0.143. The van der Waals surface area contributed by atoms with E-state index in [4.69, 9.17) is 5.73 Å². The van der Waals surface area contributed by atoms with Crippen molar-refractivity contribution in [2.75, 3.05) is 18.1 Å². The molecule has 1 rings (SSSR count). The van der Waals surface area contributed by atoms with Gasteiger partial charge in [0.1, 0.15) is 0 Å². The predicted octanol–water partition coefficient (Wildman–Crippen LogP) is 0.216. The third-order valence-electron chi connectivity index (χ3n) is 1.47. The second-order valence-electron chi connectivity index (χ2n) is 2.32. The van der Waals surface area contributed by atoms with Gasteiger partial charge in [0.2, 0.25) is 0 Å². The smallest absolute Gasteiger partial charge is 0.299 e. The van der Waals surface area contributed by atoms with Gasteiger partial charge in [-0.1, -0.05) is 0 Å². The molecule has 0 spiro atoms. The molecule has 13 heavy (non-hydrogen) atoms. The molecule has 1 aromatic rings. The van der Waals surface area contributed by atoms with Gasteiger partial charge in [0.25, 0.3) is 11.0 Å². The zero-order valence-electron chi connectivity index (χ0n) is 6.98. The Morgan fingerprint density at radius 3 is 2.62 bits per heavy atom. The summed E-state index contributed by atoms with van der Waals surface area (Å²) in [4.78, 5) is 0. The SMILES string of the molecule is CNc1ccc(O[SH](=O)=O)c(N)c1. The van der Waals surface area contributed by atoms with Crippen LogP contribution in [0.3, 0.4) is 0 Å². The zero-order chi connectivity index (χ0) is 9.84. The molecule has 0 fully saturated rings. The molecule has 0 aromatic heterocycles. The van der Waals surface area contributed by atoms with Crippen molar-refractivity contribution in [1.29, 1.82) is 0 Å². The van der Waals surface area contributed by atoms with Gasteiger partial charge in [-0.25, -0.2) is 0 Å². The van der Waals surface area contributed by atoms with E-state index >= 15 is 0 Å². The van der Waals surface area contributed by atoms with E-state index in [2.05, 4.69) is 9.50 Å². The van der Waals surface area contributed by atoms with Crippen molar-refractivity contribution >= 4 is 22.4 Å². The van der Waals surface area contributed by atoms with Crippen molar-refractivity contribution in [3.8, 4) is 5.75 Å². The van der Waals surface area contributed by atoms with Gasteiger partial charge in [-0.3, -0.25) is 0 Å². The van der Waals surface area contributed by atoms with Crippen molar-refractivity contribution in [2.45, 2.75) is 0 Å². The van der Waals surface area contributed by atoms with Gasteiger partial charge in [0.15, 0.2) is 5.75 Å². The van der Waals surface area contributed by atoms with Crippen LogP contribution in [0.15, 0.2) is 18.2 Å². The molecule has 72 valence electrons. The second-order valence-corrected chi connectivity index (χ2v) is 2.95. The molecule has 0 aliphatic rings. The molecule has 6 heteroatoms. The first-order valence-corrected chi connectivity index (χ1v) is 4.62. The van der Waals surface area contributed by atoms with E-state index in [1.165, 1.54) is 6.07 Å². The molecule has 0 amide bonds. The van der Waals surface area contributed by atoms with Gasteiger partial charge in [-0.15, -0.1) is 0 Å². The van der Waals surface area contributed by atoms with Crippen molar-refractivity contribution < 1.29 is 12.6 Å². The Balaban J connectivity index is 2.98. The lowest BCUT2D eigenvalue weighted by molar-refractivity contribution is 0.512. The number of nitrogens with two attached hydrogens (primary N) is 1. The Bertz CT molecular complexity index is 368. The highest BCUT2D eigenvalue weighted by molar-refractivity contribution is 7.67. The van der Waals surface area contributed by atoms with Crippen LogP contribution in [-0.2, 0) is 11.0 Å². The summed E-state index contributed by atoms with van der Waals surface area (Å²) in [6.45, 7) is 0. The molecule has 5 nitrogen and oxygen atoms in total. The lowest BCUT2D eigenvalue weighted by atomic mass is 10.2. The molecular weight excluding hydrogens is 192 g/mol. The van der Waals surface area contributed by atoms with Crippen LogP contribution in [0.2, 0.25) is 0 Å². The molecule has 0 saturated heterocycles. The molecule has 0 aliphatic carbocycles. The predicted molar refractivity (Wildman–Crippen MR) is 51.3 cm³/mol. The third kappa shape index (κ3) is 2.51. The zero-order valence-corrected chi connectivity index (χ0v) is 7.88. The van der Waals surface area contributed by atoms with Crippen molar-refractivity contribution in [1.82, 2.24) is 0 Å². The van der Waals surface area contributed by atoms with Crippen LogP contribution in [0.25, 0.3) is 0 Å². The summed E-state index contributed by atoms with van der Waals surface area (Å²) >= 11 is 0. The molecule has 3 N–H and O–H groups in total. The average Bonchev–Trinajstić information content (AvgIpc) is 2.08. The van der Waals surface area contributed by atoms with Gasteiger partial charge in [0.05, 0.1) is 5.69 Å². The summed E-state index contributed by atoms with van der Waals surface area (Å²) in [5.41, 5.74) is 6.59. The van der Waals surface area contributed by atoms with E-state index in [-0.39, 0.29) is 11.4 Å². The van der Waals surface area contributed by atoms with Gasteiger partial charge in [-0.2, -0.15) is 8.42 Å². The monoisotopic (exact) mass is 202 g/mol. The van der Waals surface area contributed by atoms with E-state index in [0.29, 0.717) is 0 Å². The highest BCUT2D eigenvalue weighted by atomic mass is 32.2. The molecule has 0 radical (unpaired) electrons. The summed E-state index contributed by atoms with van der Waals surface area (Å²) in [6, 6.07) is 4.75. The quantitative estimate of drug-likeness (QED) is 0.482. The van der Waals surface area contributed by atoms with Crippen LogP contribution < -0.4 is 15.2 Å². The minimum absolute atomic E-state index is 0.148. The summed E-state index contributed by atoms with van der Waals surface area (Å²) in [5, 5.41) is 2.86. The van der Waals surface area contributed by atoms with E-state index in [1.54, 1.807) is 19.2 Å². The second kappa shape index (κ2) is 3.99. The lowest BCUT2D eigenvalue weighted by Crippen LogP contribution is -1.97. The van der Waals surface area contributed by atoms with Gasteiger partial charge in [-0.05, 0) is 18.2 Å². The Labute approximate surface area is 77.7 Å². The van der Waals surface area contributed by atoms with Crippen molar-refractivity contribution in [3.63, 3.8) is 0 Å². The fourth-order valence-corrected chi connectivity index (χ4v) is 1.19. The Morgan fingerprint density at radius 1 is 1.46 bits per heavy atom. The molecule has 1 aromatic carbocycles. The Kier molecular flexibility index (Phi) is 2.97. The number of anilines is 2. The molecule has 0 saturated carbocycles. The number of benzene rings is 1. The number of nitrogen functional groups attached to an aromatic ring is 1. The number of nitrogens with one attached hydrogen (secondary N) is 1. The molecule has 0 unspecified atom stereocenters. The van der Waals surface area contributed by atoms with Crippen molar-refractivity contribution in [2.24, 2.45) is 0 Å². The minimum Gasteiger partial charge on any atom is -0.396 e. The standard InChI is InChI=1S/C7H10N2O3S/c1-9-5-2-3-7(6(8)4-5)12-13(10)11/h2-4,9,13H,8H2,1H3. The minimum atomic E-state index is -2.91. The maximum atomic E-state index is 10.2. The van der Waals surface area contributed by atoms with Crippen LogP contribution in [0.1, 0.15) is 0 Å². The number of rotatable bonds is 3. The molecular formula is C7H10N2O3S. The van der Waals surface area contributed by atoms with Gasteiger partial charge >= 0.3 is 0 Å². The maximum Gasteiger partial charge on any atom is 0.299 e. The molecule has 0 aliphatic heterocycles. The number of hydrogen-bond donors (Lipinski definition) is 3. The molecule has 0 bridgehead atoms. The highest BCUT2D eigenvalue weighted by Crippen LogP contribution is 2.24. The summed E-state index contributed by atoms with van der Waals surface area (Å²) in [5.74, 6) is 0.148. The Morgan fingerprint density at radius 2 is 2.15 bits per heavy atom. The first kappa shape index (κ1) is 9.66. The van der Waals surface area contributed by atoms with Crippen LogP contribution in [-0.4, -0.2) is 15.5 Å². The third-order valence-corrected chi connectivity index (χ3v) is 1.82. The van der Waals surface area contributed by atoms with E-state index in [9.17, 15) is 8.42 Å². The summed E-state index contributed by atoms with van der Waals surface area (Å²) < 4.78 is 24.9. The van der Waals surface area contributed by atoms with Crippen LogP contribution >= 0.6 is 0 Å². The van der Waals surface area contributed by atoms with Crippen molar-refractivity contribution in [3.05, 3.63) is 18.2 Å².